The lowest BCUT2D eigenvalue weighted by atomic mass is 9.86. The number of sulfonamides is 1. The molecule has 1 radical (unpaired) electrons. The molecular formula is C20H21BN3O7S2. The molecule has 2 atom stereocenters. The van der Waals surface area contributed by atoms with Crippen molar-refractivity contribution in [1.29, 1.82) is 0 Å². The summed E-state index contributed by atoms with van der Waals surface area (Å²) in [5, 5.41) is 12.7. The fourth-order valence-electron chi connectivity index (χ4n) is 3.11. The molecule has 1 aromatic carbocycles. The van der Waals surface area contributed by atoms with Crippen LogP contribution in [0.3, 0.4) is 0 Å². The van der Waals surface area contributed by atoms with E-state index in [4.69, 9.17) is 13.8 Å². The first kappa shape index (κ1) is 23.3. The summed E-state index contributed by atoms with van der Waals surface area (Å²) < 4.78 is 44.1. The van der Waals surface area contributed by atoms with Gasteiger partial charge in [-0.1, -0.05) is 6.07 Å². The molecule has 3 aromatic rings. The number of thiophene rings is 1. The van der Waals surface area contributed by atoms with Crippen LogP contribution in [0.25, 0.3) is 10.6 Å². The number of carbonyl (C=O) groups excluding carboxylic acids is 1. The zero-order chi connectivity index (χ0) is 23.8. The van der Waals surface area contributed by atoms with E-state index in [1.165, 1.54) is 26.1 Å². The summed E-state index contributed by atoms with van der Waals surface area (Å²) in [6.07, 6.45) is -0.218. The summed E-state index contributed by atoms with van der Waals surface area (Å²) in [5.74, 6) is 0.482. The number of aliphatic hydroxyl groups is 1. The Morgan fingerprint density at radius 3 is 2.79 bits per heavy atom. The van der Waals surface area contributed by atoms with E-state index in [9.17, 15) is 18.3 Å². The highest BCUT2D eigenvalue weighted by Gasteiger charge is 2.33. The zero-order valence-corrected chi connectivity index (χ0v) is 19.6. The van der Waals surface area contributed by atoms with Gasteiger partial charge < -0.3 is 18.9 Å². The Hall–Kier alpha value is -2.87. The number of aliphatic hydroxyl groups excluding tert-OH is 1. The number of rotatable bonds is 6. The van der Waals surface area contributed by atoms with Gasteiger partial charge in [0.2, 0.25) is 0 Å². The number of anilines is 1. The number of hydrogen-bond donors (Lipinski definition) is 3. The van der Waals surface area contributed by atoms with E-state index in [0.717, 1.165) is 11.3 Å². The standard InChI is InChI=1S/C20H21BN3O7S2/c1-20(2,3)30-19(26)23-18(25)17-12-5-4-11(8-13(12)21-31-17)24-33(27,28)16-7-6-15(32-16)14-9-22-10-29-14/h4-10,17-18,24-25H,1-3H3,(H,23,26). The minimum atomic E-state index is -3.84. The second kappa shape index (κ2) is 8.82. The first-order valence-corrected chi connectivity index (χ1v) is 12.1. The highest BCUT2D eigenvalue weighted by atomic mass is 32.2. The monoisotopic (exact) mass is 490 g/mol. The number of amides is 1. The maximum absolute atomic E-state index is 12.8. The van der Waals surface area contributed by atoms with Crippen molar-refractivity contribution in [3.05, 3.63) is 48.5 Å². The van der Waals surface area contributed by atoms with Crippen molar-refractivity contribution in [2.24, 2.45) is 0 Å². The topological polar surface area (TPSA) is 140 Å². The molecule has 1 aliphatic heterocycles. The third-order valence-corrected chi connectivity index (χ3v) is 7.43. The van der Waals surface area contributed by atoms with Crippen molar-refractivity contribution in [3.8, 4) is 10.6 Å². The van der Waals surface area contributed by atoms with Gasteiger partial charge in [0.1, 0.15) is 15.9 Å². The van der Waals surface area contributed by atoms with Crippen LogP contribution in [0.4, 0.5) is 10.5 Å². The molecule has 2 aromatic heterocycles. The predicted molar refractivity (Wildman–Crippen MR) is 122 cm³/mol. The van der Waals surface area contributed by atoms with Crippen LogP contribution < -0.4 is 15.5 Å². The van der Waals surface area contributed by atoms with Crippen LogP contribution in [0.1, 0.15) is 32.4 Å². The van der Waals surface area contributed by atoms with E-state index < -0.39 is 34.0 Å². The SMILES string of the molecule is CC(C)(C)OC(=O)NC(O)C1O[B]c2cc(NS(=O)(=O)c3ccc(-c4cnco4)s3)ccc21. The number of fused-ring (bicyclic) bond motifs is 1. The van der Waals surface area contributed by atoms with Gasteiger partial charge >= 0.3 is 13.6 Å². The molecule has 3 N–H and O–H groups in total. The molecule has 0 saturated heterocycles. The summed E-state index contributed by atoms with van der Waals surface area (Å²) in [6.45, 7) is 5.13. The summed E-state index contributed by atoms with van der Waals surface area (Å²) >= 11 is 1.05. The summed E-state index contributed by atoms with van der Waals surface area (Å²) in [5.41, 5.74) is 0.761. The van der Waals surface area contributed by atoms with Gasteiger partial charge in [0.15, 0.2) is 18.4 Å². The van der Waals surface area contributed by atoms with Crippen molar-refractivity contribution in [1.82, 2.24) is 10.3 Å². The number of nitrogens with zero attached hydrogens (tertiary/aromatic N) is 1. The Kier molecular flexibility index (Phi) is 6.23. The Bertz CT molecular complexity index is 1250. The number of aromatic nitrogens is 1. The van der Waals surface area contributed by atoms with Crippen molar-refractivity contribution < 1.29 is 32.1 Å². The van der Waals surface area contributed by atoms with Gasteiger partial charge in [-0.25, -0.2) is 18.2 Å². The number of carbonyl (C=O) groups is 1. The van der Waals surface area contributed by atoms with E-state index >= 15 is 0 Å². The second-order valence-electron chi connectivity index (χ2n) is 8.20. The molecular weight excluding hydrogens is 469 g/mol. The van der Waals surface area contributed by atoms with E-state index in [0.29, 0.717) is 27.4 Å². The summed E-state index contributed by atoms with van der Waals surface area (Å²) in [4.78, 5) is 16.4. The van der Waals surface area contributed by atoms with Gasteiger partial charge in [0, 0.05) is 5.69 Å². The number of hydrogen-bond acceptors (Lipinski definition) is 9. The van der Waals surface area contributed by atoms with Gasteiger partial charge in [-0.15, -0.1) is 11.3 Å². The van der Waals surface area contributed by atoms with E-state index in [1.807, 2.05) is 0 Å². The normalized spacial score (nSPS) is 16.5. The summed E-state index contributed by atoms with van der Waals surface area (Å²) in [7, 11) is -2.44. The van der Waals surface area contributed by atoms with Gasteiger partial charge in [0.25, 0.3) is 10.0 Å². The molecule has 4 rings (SSSR count). The number of alkyl carbamates (subject to hydrolysis) is 1. The summed E-state index contributed by atoms with van der Waals surface area (Å²) in [6, 6.07) is 7.89. The number of nitrogens with one attached hydrogen (secondary N) is 2. The average Bonchev–Trinajstić information content (AvgIpc) is 3.45. The van der Waals surface area contributed by atoms with Crippen LogP contribution in [0.5, 0.6) is 0 Å². The third kappa shape index (κ3) is 5.38. The van der Waals surface area contributed by atoms with E-state index in [2.05, 4.69) is 15.0 Å². The highest BCUT2D eigenvalue weighted by Crippen LogP contribution is 2.32. The van der Waals surface area contributed by atoms with Crippen LogP contribution in [0, 0.1) is 0 Å². The van der Waals surface area contributed by atoms with Crippen LogP contribution in [0.15, 0.2) is 51.5 Å². The fourth-order valence-corrected chi connectivity index (χ4v) is 5.42. The molecule has 0 fully saturated rings. The molecule has 1 aliphatic rings. The zero-order valence-electron chi connectivity index (χ0n) is 17.9. The Morgan fingerprint density at radius 1 is 1.30 bits per heavy atom. The van der Waals surface area contributed by atoms with Crippen molar-refractivity contribution in [2.45, 2.75) is 42.9 Å². The molecule has 3 heterocycles. The average molecular weight is 490 g/mol. The molecule has 13 heteroatoms. The maximum Gasteiger partial charge on any atom is 0.409 e. The van der Waals surface area contributed by atoms with Crippen molar-refractivity contribution in [3.63, 3.8) is 0 Å². The van der Waals surface area contributed by atoms with Crippen LogP contribution >= 0.6 is 11.3 Å². The Balaban J connectivity index is 1.45. The van der Waals surface area contributed by atoms with E-state index in [-0.39, 0.29) is 4.21 Å². The van der Waals surface area contributed by atoms with Crippen LogP contribution in [-0.2, 0) is 19.4 Å². The smallest absolute Gasteiger partial charge is 0.409 e. The lowest BCUT2D eigenvalue weighted by Crippen LogP contribution is -2.42. The number of oxazole rings is 1. The molecule has 0 spiro atoms. The molecule has 0 bridgehead atoms. The van der Waals surface area contributed by atoms with Gasteiger partial charge in [-0.2, -0.15) is 0 Å². The van der Waals surface area contributed by atoms with Gasteiger partial charge in [0.05, 0.1) is 11.1 Å². The highest BCUT2D eigenvalue weighted by molar-refractivity contribution is 7.94. The quantitative estimate of drug-likeness (QED) is 0.354. The molecule has 1 amide bonds. The first-order valence-electron chi connectivity index (χ1n) is 9.83. The third-order valence-electron chi connectivity index (χ3n) is 4.46. The van der Waals surface area contributed by atoms with Gasteiger partial charge in [-0.05, 0) is 56.1 Å². The molecule has 0 aliphatic carbocycles. The Labute approximate surface area is 195 Å². The maximum atomic E-state index is 12.8. The molecule has 173 valence electrons. The first-order chi connectivity index (χ1) is 15.5. The molecule has 33 heavy (non-hydrogen) atoms. The molecule has 10 nitrogen and oxygen atoms in total. The number of benzene rings is 1. The second-order valence-corrected chi connectivity index (χ2v) is 11.2. The van der Waals surface area contributed by atoms with E-state index in [1.54, 1.807) is 45.0 Å². The minimum absolute atomic E-state index is 0.115. The van der Waals surface area contributed by atoms with Crippen LogP contribution in [-0.4, -0.2) is 43.9 Å². The molecule has 2 unspecified atom stereocenters. The predicted octanol–water partition coefficient (Wildman–Crippen LogP) is 2.36. The largest absolute Gasteiger partial charge is 0.444 e. The lowest BCUT2D eigenvalue weighted by molar-refractivity contribution is -0.000296. The van der Waals surface area contributed by atoms with Gasteiger partial charge in [-0.3, -0.25) is 10.0 Å². The van der Waals surface area contributed by atoms with Crippen molar-refractivity contribution in [2.75, 3.05) is 4.72 Å². The minimum Gasteiger partial charge on any atom is -0.444 e. The number of ether oxygens (including phenoxy) is 1. The lowest BCUT2D eigenvalue weighted by Gasteiger charge is -2.24. The van der Waals surface area contributed by atoms with Crippen LogP contribution in [0.2, 0.25) is 0 Å². The van der Waals surface area contributed by atoms with Crippen molar-refractivity contribution >= 4 is 46.1 Å². The fraction of sp³-hybridized carbons (Fsp3) is 0.300. The molecule has 0 saturated carbocycles. The Morgan fingerprint density at radius 2 is 2.09 bits per heavy atom.